The zero-order valence-corrected chi connectivity index (χ0v) is 14.5. The summed E-state index contributed by atoms with van der Waals surface area (Å²) in [5.74, 6) is -0.312. The van der Waals surface area contributed by atoms with Crippen LogP contribution in [0, 0.1) is 3.57 Å². The molecule has 0 aliphatic heterocycles. The lowest BCUT2D eigenvalue weighted by Crippen LogP contribution is -2.14. The highest BCUT2D eigenvalue weighted by Crippen LogP contribution is 2.27. The smallest absolute Gasteiger partial charge is 0.340 e. The molecule has 0 fully saturated rings. The molecule has 0 saturated heterocycles. The number of carbonyl (C=O) groups excluding carboxylic acids is 1. The van der Waals surface area contributed by atoms with Crippen LogP contribution in [-0.4, -0.2) is 5.97 Å². The molecule has 0 spiro atoms. The first-order valence-corrected chi connectivity index (χ1v) is 8.39. The van der Waals surface area contributed by atoms with Crippen LogP contribution in [0.3, 0.4) is 0 Å². The highest BCUT2D eigenvalue weighted by molar-refractivity contribution is 14.1. The molecule has 114 valence electrons. The molecule has 23 heavy (non-hydrogen) atoms. The van der Waals surface area contributed by atoms with Crippen molar-refractivity contribution in [2.45, 2.75) is 6.10 Å². The van der Waals surface area contributed by atoms with Crippen LogP contribution in [0.1, 0.15) is 27.6 Å². The Morgan fingerprint density at radius 2 is 1.22 bits per heavy atom. The monoisotopic (exact) mass is 414 g/mol. The summed E-state index contributed by atoms with van der Waals surface area (Å²) in [7, 11) is 0. The normalized spacial score (nSPS) is 10.5. The first kappa shape index (κ1) is 15.7. The summed E-state index contributed by atoms with van der Waals surface area (Å²) in [5, 5.41) is 0. The molecule has 0 bridgehead atoms. The molecule has 3 aromatic rings. The Hall–Kier alpha value is -2.14. The third-order valence-electron chi connectivity index (χ3n) is 3.52. The molecule has 0 saturated carbocycles. The standard InChI is InChI=1S/C20H15IO2/c21-18-14-8-7-13-17(18)20(22)23-19(15-9-3-1-4-10-15)16-11-5-2-6-12-16/h1-14,19H. The number of benzene rings is 3. The van der Waals surface area contributed by atoms with Crippen molar-refractivity contribution >= 4 is 28.6 Å². The van der Waals surface area contributed by atoms with Gasteiger partial charge in [-0.2, -0.15) is 0 Å². The predicted molar refractivity (Wildman–Crippen MR) is 99.3 cm³/mol. The van der Waals surface area contributed by atoms with Crippen molar-refractivity contribution in [1.29, 1.82) is 0 Å². The van der Waals surface area contributed by atoms with E-state index in [0.29, 0.717) is 5.56 Å². The number of hydrogen-bond donors (Lipinski definition) is 0. The second-order valence-electron chi connectivity index (χ2n) is 5.09. The summed E-state index contributed by atoms with van der Waals surface area (Å²) in [5.41, 5.74) is 2.50. The summed E-state index contributed by atoms with van der Waals surface area (Å²) in [6.07, 6.45) is -0.416. The minimum atomic E-state index is -0.416. The maximum Gasteiger partial charge on any atom is 0.340 e. The molecule has 0 atom stereocenters. The van der Waals surface area contributed by atoms with Gasteiger partial charge in [-0.1, -0.05) is 72.8 Å². The third kappa shape index (κ3) is 3.79. The van der Waals surface area contributed by atoms with E-state index in [9.17, 15) is 4.79 Å². The van der Waals surface area contributed by atoms with Gasteiger partial charge in [-0.05, 0) is 45.9 Å². The van der Waals surface area contributed by atoms with Crippen LogP contribution < -0.4 is 0 Å². The predicted octanol–water partition coefficient (Wildman–Crippen LogP) is 5.24. The number of carbonyl (C=O) groups is 1. The Morgan fingerprint density at radius 1 is 0.739 bits per heavy atom. The lowest BCUT2D eigenvalue weighted by Gasteiger charge is -2.19. The largest absolute Gasteiger partial charge is 0.449 e. The summed E-state index contributed by atoms with van der Waals surface area (Å²) in [4.78, 5) is 12.6. The highest BCUT2D eigenvalue weighted by Gasteiger charge is 2.20. The Bertz CT molecular complexity index is 746. The van der Waals surface area contributed by atoms with Crippen LogP contribution in [0.4, 0.5) is 0 Å². The maximum atomic E-state index is 12.6. The van der Waals surface area contributed by atoms with E-state index in [-0.39, 0.29) is 5.97 Å². The van der Waals surface area contributed by atoms with Crippen molar-refractivity contribution < 1.29 is 9.53 Å². The van der Waals surface area contributed by atoms with E-state index in [4.69, 9.17) is 4.74 Å². The van der Waals surface area contributed by atoms with Gasteiger partial charge in [0, 0.05) is 3.57 Å². The van der Waals surface area contributed by atoms with E-state index in [1.165, 1.54) is 0 Å². The minimum Gasteiger partial charge on any atom is -0.449 e. The lowest BCUT2D eigenvalue weighted by molar-refractivity contribution is 0.0377. The van der Waals surface area contributed by atoms with Crippen molar-refractivity contribution in [3.63, 3.8) is 0 Å². The molecule has 3 aromatic carbocycles. The van der Waals surface area contributed by atoms with Crippen molar-refractivity contribution in [3.8, 4) is 0 Å². The van der Waals surface area contributed by atoms with Gasteiger partial charge in [-0.3, -0.25) is 0 Å². The quantitative estimate of drug-likeness (QED) is 0.431. The van der Waals surface area contributed by atoms with E-state index < -0.39 is 6.10 Å². The first-order valence-electron chi connectivity index (χ1n) is 7.31. The van der Waals surface area contributed by atoms with Gasteiger partial charge in [0.05, 0.1) is 5.56 Å². The van der Waals surface area contributed by atoms with Crippen LogP contribution in [-0.2, 0) is 4.74 Å². The summed E-state index contributed by atoms with van der Waals surface area (Å²) in [6.45, 7) is 0. The first-order chi connectivity index (χ1) is 11.3. The second kappa shape index (κ2) is 7.42. The number of halogens is 1. The summed E-state index contributed by atoms with van der Waals surface area (Å²) >= 11 is 2.15. The SMILES string of the molecule is O=C(OC(c1ccccc1)c1ccccc1)c1ccccc1I. The van der Waals surface area contributed by atoms with E-state index in [2.05, 4.69) is 22.6 Å². The van der Waals surface area contributed by atoms with Crippen LogP contribution in [0.25, 0.3) is 0 Å². The molecule has 2 nitrogen and oxygen atoms in total. The summed E-state index contributed by atoms with van der Waals surface area (Å²) in [6, 6.07) is 27.0. The number of hydrogen-bond acceptors (Lipinski definition) is 2. The number of rotatable bonds is 4. The molecule has 0 aliphatic carbocycles. The van der Waals surface area contributed by atoms with Gasteiger partial charge in [0.25, 0.3) is 0 Å². The van der Waals surface area contributed by atoms with Crippen molar-refractivity contribution in [3.05, 3.63) is 105 Å². The Morgan fingerprint density at radius 3 is 1.74 bits per heavy atom. The van der Waals surface area contributed by atoms with Gasteiger partial charge < -0.3 is 4.74 Å². The average Bonchev–Trinajstić information content (AvgIpc) is 2.61. The zero-order valence-electron chi connectivity index (χ0n) is 12.4. The molecule has 3 rings (SSSR count). The molecule has 0 N–H and O–H groups in total. The average molecular weight is 414 g/mol. The molecular formula is C20H15IO2. The molecule has 0 amide bonds. The topological polar surface area (TPSA) is 26.3 Å². The van der Waals surface area contributed by atoms with Gasteiger partial charge in [-0.25, -0.2) is 4.79 Å². The van der Waals surface area contributed by atoms with Crippen LogP contribution in [0.2, 0.25) is 0 Å². The van der Waals surface area contributed by atoms with Gasteiger partial charge in [0.15, 0.2) is 6.10 Å². The molecule has 0 aliphatic rings. The molecular weight excluding hydrogens is 399 g/mol. The van der Waals surface area contributed by atoms with Gasteiger partial charge in [0.1, 0.15) is 0 Å². The fourth-order valence-electron chi connectivity index (χ4n) is 2.38. The second-order valence-corrected chi connectivity index (χ2v) is 6.25. The Labute approximate surface area is 149 Å². The Kier molecular flexibility index (Phi) is 5.08. The molecule has 0 unspecified atom stereocenters. The van der Waals surface area contributed by atoms with Gasteiger partial charge >= 0.3 is 5.97 Å². The minimum absolute atomic E-state index is 0.312. The lowest BCUT2D eigenvalue weighted by atomic mass is 10.0. The zero-order chi connectivity index (χ0) is 16.1. The van der Waals surface area contributed by atoms with E-state index in [1.807, 2.05) is 78.9 Å². The van der Waals surface area contributed by atoms with Crippen molar-refractivity contribution in [2.24, 2.45) is 0 Å². The third-order valence-corrected chi connectivity index (χ3v) is 4.46. The number of esters is 1. The fraction of sp³-hybridized carbons (Fsp3) is 0.0500. The molecule has 3 heteroatoms. The van der Waals surface area contributed by atoms with Gasteiger partial charge in [0.2, 0.25) is 0 Å². The van der Waals surface area contributed by atoms with Crippen LogP contribution >= 0.6 is 22.6 Å². The maximum absolute atomic E-state index is 12.6. The van der Waals surface area contributed by atoms with E-state index in [0.717, 1.165) is 14.7 Å². The number of ether oxygens (including phenoxy) is 1. The van der Waals surface area contributed by atoms with Gasteiger partial charge in [-0.15, -0.1) is 0 Å². The molecule has 0 heterocycles. The fourth-order valence-corrected chi connectivity index (χ4v) is 2.99. The van der Waals surface area contributed by atoms with E-state index in [1.54, 1.807) is 6.07 Å². The van der Waals surface area contributed by atoms with Crippen molar-refractivity contribution in [2.75, 3.05) is 0 Å². The highest BCUT2D eigenvalue weighted by atomic mass is 127. The Balaban J connectivity index is 1.94. The van der Waals surface area contributed by atoms with Crippen molar-refractivity contribution in [1.82, 2.24) is 0 Å². The summed E-state index contributed by atoms with van der Waals surface area (Å²) < 4.78 is 6.73. The molecule has 0 radical (unpaired) electrons. The van der Waals surface area contributed by atoms with Crippen LogP contribution in [0.15, 0.2) is 84.9 Å². The van der Waals surface area contributed by atoms with Crippen LogP contribution in [0.5, 0.6) is 0 Å². The molecule has 0 aromatic heterocycles. The van der Waals surface area contributed by atoms with E-state index >= 15 is 0 Å².